The summed E-state index contributed by atoms with van der Waals surface area (Å²) in [5.41, 5.74) is 2.32. The Morgan fingerprint density at radius 3 is 2.62 bits per heavy atom. The van der Waals surface area contributed by atoms with Crippen LogP contribution in [0.25, 0.3) is 0 Å². The lowest BCUT2D eigenvalue weighted by Crippen LogP contribution is -2.38. The Hall–Kier alpha value is -1.75. The van der Waals surface area contributed by atoms with E-state index in [0.717, 1.165) is 43.3 Å². The van der Waals surface area contributed by atoms with E-state index in [1.165, 1.54) is 12.0 Å². The fourth-order valence-electron chi connectivity index (χ4n) is 2.54. The normalized spacial score (nSPS) is 11.9. The molecule has 5 nitrogen and oxygen atoms in total. The van der Waals surface area contributed by atoms with Crippen molar-refractivity contribution in [3.05, 3.63) is 29.3 Å². The molecule has 0 heterocycles. The molecule has 0 atom stereocenters. The minimum Gasteiger partial charge on any atom is -0.494 e. The van der Waals surface area contributed by atoms with Crippen molar-refractivity contribution >= 4 is 5.96 Å². The van der Waals surface area contributed by atoms with E-state index in [0.29, 0.717) is 19.2 Å². The summed E-state index contributed by atoms with van der Waals surface area (Å²) < 4.78 is 5.75. The van der Waals surface area contributed by atoms with Gasteiger partial charge in [-0.05, 0) is 72.7 Å². The fraction of sp³-hybridized carbons (Fsp3) is 0.667. The lowest BCUT2D eigenvalue weighted by atomic mass is 10.1. The van der Waals surface area contributed by atoms with E-state index in [2.05, 4.69) is 68.5 Å². The molecule has 0 unspecified atom stereocenters. The van der Waals surface area contributed by atoms with E-state index in [1.54, 1.807) is 0 Å². The number of hydrogen-bond donors (Lipinski definition) is 2. The number of benzene rings is 1. The van der Waals surface area contributed by atoms with Crippen molar-refractivity contribution in [2.75, 3.05) is 33.3 Å². The Labute approximate surface area is 160 Å². The summed E-state index contributed by atoms with van der Waals surface area (Å²) in [7, 11) is 2.18. The number of unbranched alkanes of at least 4 members (excludes halogenated alkanes) is 1. The van der Waals surface area contributed by atoms with Crippen LogP contribution in [-0.4, -0.2) is 50.2 Å². The minimum absolute atomic E-state index is 0.607. The maximum Gasteiger partial charge on any atom is 0.191 e. The maximum atomic E-state index is 5.75. The highest BCUT2D eigenvalue weighted by Gasteiger charge is 2.05. The first kappa shape index (κ1) is 22.3. The Morgan fingerprint density at radius 2 is 1.96 bits per heavy atom. The molecule has 0 saturated carbocycles. The number of aryl methyl sites for hydroxylation is 1. The van der Waals surface area contributed by atoms with Crippen molar-refractivity contribution in [2.45, 2.75) is 60.0 Å². The first-order valence-corrected chi connectivity index (χ1v) is 9.92. The quantitative estimate of drug-likeness (QED) is 0.359. The molecule has 0 aliphatic rings. The van der Waals surface area contributed by atoms with Crippen LogP contribution in [0.15, 0.2) is 23.2 Å². The molecule has 0 bridgehead atoms. The molecule has 0 aliphatic carbocycles. The van der Waals surface area contributed by atoms with Gasteiger partial charge in [-0.1, -0.05) is 12.1 Å². The summed E-state index contributed by atoms with van der Waals surface area (Å²) in [5, 5.41) is 6.76. The van der Waals surface area contributed by atoms with Gasteiger partial charge >= 0.3 is 0 Å². The van der Waals surface area contributed by atoms with Crippen LogP contribution in [0.3, 0.4) is 0 Å². The van der Waals surface area contributed by atoms with E-state index in [9.17, 15) is 0 Å². The van der Waals surface area contributed by atoms with Crippen molar-refractivity contribution < 1.29 is 4.74 Å². The van der Waals surface area contributed by atoms with Gasteiger partial charge in [-0.2, -0.15) is 0 Å². The van der Waals surface area contributed by atoms with E-state index in [4.69, 9.17) is 9.73 Å². The van der Waals surface area contributed by atoms with Gasteiger partial charge in [0.25, 0.3) is 0 Å². The van der Waals surface area contributed by atoms with Gasteiger partial charge in [0.05, 0.1) is 13.2 Å². The van der Waals surface area contributed by atoms with Crippen molar-refractivity contribution in [1.29, 1.82) is 0 Å². The Balaban J connectivity index is 2.53. The smallest absolute Gasteiger partial charge is 0.191 e. The third kappa shape index (κ3) is 8.56. The highest BCUT2D eigenvalue weighted by molar-refractivity contribution is 5.79. The summed E-state index contributed by atoms with van der Waals surface area (Å²) in [4.78, 5) is 7.10. The molecule has 1 aromatic rings. The predicted molar refractivity (Wildman–Crippen MR) is 112 cm³/mol. The highest BCUT2D eigenvalue weighted by Crippen LogP contribution is 2.21. The topological polar surface area (TPSA) is 48.9 Å². The first-order chi connectivity index (χ1) is 12.5. The van der Waals surface area contributed by atoms with E-state index in [1.807, 2.05) is 6.92 Å². The van der Waals surface area contributed by atoms with Crippen LogP contribution in [0.4, 0.5) is 0 Å². The number of hydrogen-bond acceptors (Lipinski definition) is 3. The van der Waals surface area contributed by atoms with Gasteiger partial charge in [0.2, 0.25) is 0 Å². The standard InChI is InChI=1S/C21H38N4O/c1-7-22-21(23-13-9-10-14-25(6)17(3)4)24-16-19-12-11-18(5)15-20(19)26-8-2/h11-12,15,17H,7-10,13-14,16H2,1-6H3,(H2,22,23,24). The SMILES string of the molecule is CCNC(=NCc1ccc(C)cc1OCC)NCCCCN(C)C(C)C. The second kappa shape index (κ2) is 12.6. The summed E-state index contributed by atoms with van der Waals surface area (Å²) >= 11 is 0. The molecule has 0 aliphatic heterocycles. The van der Waals surface area contributed by atoms with Crippen LogP contribution in [0, 0.1) is 6.92 Å². The number of guanidine groups is 1. The Kier molecular flexibility index (Phi) is 10.8. The monoisotopic (exact) mass is 362 g/mol. The Bertz CT molecular complexity index is 543. The van der Waals surface area contributed by atoms with Crippen LogP contribution in [0.5, 0.6) is 5.75 Å². The lowest BCUT2D eigenvalue weighted by Gasteiger charge is -2.20. The summed E-state index contributed by atoms with van der Waals surface area (Å²) in [6.07, 6.45) is 2.32. The second-order valence-corrected chi connectivity index (χ2v) is 6.95. The largest absolute Gasteiger partial charge is 0.494 e. The molecule has 1 aromatic carbocycles. The molecule has 0 fully saturated rings. The molecule has 148 valence electrons. The van der Waals surface area contributed by atoms with E-state index in [-0.39, 0.29) is 0 Å². The van der Waals surface area contributed by atoms with Gasteiger partial charge < -0.3 is 20.3 Å². The summed E-state index contributed by atoms with van der Waals surface area (Å²) in [6, 6.07) is 6.91. The third-order valence-electron chi connectivity index (χ3n) is 4.39. The zero-order valence-corrected chi connectivity index (χ0v) is 17.6. The van der Waals surface area contributed by atoms with Gasteiger partial charge in [0.15, 0.2) is 5.96 Å². The first-order valence-electron chi connectivity index (χ1n) is 9.92. The molecule has 0 amide bonds. The molecule has 2 N–H and O–H groups in total. The molecule has 0 radical (unpaired) electrons. The van der Waals surface area contributed by atoms with Crippen LogP contribution in [0.2, 0.25) is 0 Å². The van der Waals surface area contributed by atoms with Crippen LogP contribution >= 0.6 is 0 Å². The average molecular weight is 363 g/mol. The van der Waals surface area contributed by atoms with E-state index < -0.39 is 0 Å². The Morgan fingerprint density at radius 1 is 1.19 bits per heavy atom. The molecule has 0 spiro atoms. The van der Waals surface area contributed by atoms with Gasteiger partial charge in [-0.3, -0.25) is 0 Å². The van der Waals surface area contributed by atoms with Gasteiger partial charge in [0, 0.05) is 24.7 Å². The third-order valence-corrected chi connectivity index (χ3v) is 4.39. The van der Waals surface area contributed by atoms with Crippen LogP contribution in [-0.2, 0) is 6.54 Å². The summed E-state index contributed by atoms with van der Waals surface area (Å²) in [6.45, 7) is 14.9. The maximum absolute atomic E-state index is 5.75. The zero-order valence-electron chi connectivity index (χ0n) is 17.6. The molecule has 26 heavy (non-hydrogen) atoms. The number of aliphatic imine (C=N–C) groups is 1. The number of ether oxygens (including phenoxy) is 1. The van der Waals surface area contributed by atoms with E-state index >= 15 is 0 Å². The van der Waals surface area contributed by atoms with Crippen molar-refractivity contribution in [2.24, 2.45) is 4.99 Å². The molecule has 0 saturated heterocycles. The molecular formula is C21H38N4O. The number of nitrogens with zero attached hydrogens (tertiary/aromatic N) is 2. The predicted octanol–water partition coefficient (Wildman–Crippen LogP) is 3.57. The number of nitrogens with one attached hydrogen (secondary N) is 2. The van der Waals surface area contributed by atoms with Gasteiger partial charge in [-0.25, -0.2) is 4.99 Å². The molecule has 1 rings (SSSR count). The second-order valence-electron chi connectivity index (χ2n) is 6.95. The molecule has 0 aromatic heterocycles. The minimum atomic E-state index is 0.607. The lowest BCUT2D eigenvalue weighted by molar-refractivity contribution is 0.268. The highest BCUT2D eigenvalue weighted by atomic mass is 16.5. The van der Waals surface area contributed by atoms with Gasteiger partial charge in [-0.15, -0.1) is 0 Å². The van der Waals surface area contributed by atoms with Crippen molar-refractivity contribution in [1.82, 2.24) is 15.5 Å². The molecule has 5 heteroatoms. The molecular weight excluding hydrogens is 324 g/mol. The van der Waals surface area contributed by atoms with Crippen molar-refractivity contribution in [3.63, 3.8) is 0 Å². The average Bonchev–Trinajstić information content (AvgIpc) is 2.60. The summed E-state index contributed by atoms with van der Waals surface area (Å²) in [5.74, 6) is 1.80. The fourth-order valence-corrected chi connectivity index (χ4v) is 2.54. The van der Waals surface area contributed by atoms with Crippen LogP contribution < -0.4 is 15.4 Å². The zero-order chi connectivity index (χ0) is 19.4. The van der Waals surface area contributed by atoms with Crippen LogP contribution in [0.1, 0.15) is 51.7 Å². The number of rotatable bonds is 11. The van der Waals surface area contributed by atoms with Crippen molar-refractivity contribution in [3.8, 4) is 5.75 Å². The van der Waals surface area contributed by atoms with Gasteiger partial charge in [0.1, 0.15) is 5.75 Å².